The molecule has 124 valence electrons. The summed E-state index contributed by atoms with van der Waals surface area (Å²) in [7, 11) is 0. The number of esters is 1. The van der Waals surface area contributed by atoms with Gasteiger partial charge in [0, 0.05) is 9.80 Å². The summed E-state index contributed by atoms with van der Waals surface area (Å²) in [6, 6.07) is 7.63. The van der Waals surface area contributed by atoms with Gasteiger partial charge in [0.05, 0.1) is 5.92 Å². The van der Waals surface area contributed by atoms with E-state index >= 15 is 0 Å². The second-order valence-corrected chi connectivity index (χ2v) is 9.29. The minimum Gasteiger partial charge on any atom is -0.461 e. The molecule has 7 heteroatoms. The highest BCUT2D eigenvalue weighted by atomic mass is 79.9. The summed E-state index contributed by atoms with van der Waals surface area (Å²) in [5, 5.41) is 0.896. The molecular weight excluding hydrogens is 478 g/mol. The van der Waals surface area contributed by atoms with E-state index in [2.05, 4.69) is 31.9 Å². The van der Waals surface area contributed by atoms with Crippen molar-refractivity contribution in [3.8, 4) is 0 Å². The van der Waals surface area contributed by atoms with Crippen LogP contribution in [0, 0.1) is 5.92 Å². The molecule has 0 bridgehead atoms. The Morgan fingerprint density at radius 1 is 1.27 bits per heavy atom. The maximum absolute atomic E-state index is 12.5. The molecule has 0 N–H and O–H groups in total. The van der Waals surface area contributed by atoms with E-state index in [9.17, 15) is 4.79 Å². The van der Waals surface area contributed by atoms with Crippen LogP contribution in [0.4, 0.5) is 0 Å². The molecule has 1 rings (SSSR count). The summed E-state index contributed by atoms with van der Waals surface area (Å²) < 4.78 is 4.55. The second kappa shape index (κ2) is 9.73. The third kappa shape index (κ3) is 7.39. The Kier molecular flexibility index (Phi) is 9.09. The summed E-state index contributed by atoms with van der Waals surface area (Å²) in [5.41, 5.74) is 0.902. The summed E-state index contributed by atoms with van der Waals surface area (Å²) in [5.74, 6) is -0.614. The molecule has 0 saturated carbocycles. The van der Waals surface area contributed by atoms with Crippen LogP contribution in [0.5, 0.6) is 0 Å². The molecule has 2 nitrogen and oxygen atoms in total. The van der Waals surface area contributed by atoms with Gasteiger partial charge in [-0.15, -0.1) is 0 Å². The highest BCUT2D eigenvalue weighted by Gasteiger charge is 2.30. The fraction of sp³-hybridized carbons (Fsp3) is 0.533. The van der Waals surface area contributed by atoms with Crippen LogP contribution in [0.1, 0.15) is 31.2 Å². The zero-order valence-corrected chi connectivity index (χ0v) is 17.4. The lowest BCUT2D eigenvalue weighted by molar-refractivity contribution is -0.146. The third-order valence-corrected chi connectivity index (χ3v) is 4.64. The molecule has 0 unspecified atom stereocenters. The first kappa shape index (κ1) is 20.6. The van der Waals surface area contributed by atoms with E-state index in [4.69, 9.17) is 39.5 Å². The van der Waals surface area contributed by atoms with Crippen LogP contribution < -0.4 is 0 Å². The molecule has 1 aromatic carbocycles. The van der Waals surface area contributed by atoms with Gasteiger partial charge >= 0.3 is 5.97 Å². The molecule has 22 heavy (non-hydrogen) atoms. The number of rotatable bonds is 7. The zero-order chi connectivity index (χ0) is 16.8. The fourth-order valence-electron chi connectivity index (χ4n) is 2.18. The number of benzene rings is 1. The van der Waals surface area contributed by atoms with Gasteiger partial charge in [0.15, 0.2) is 0 Å². The van der Waals surface area contributed by atoms with Crippen molar-refractivity contribution in [1.29, 1.82) is 0 Å². The van der Waals surface area contributed by atoms with Gasteiger partial charge < -0.3 is 4.74 Å². The quantitative estimate of drug-likeness (QED) is 0.330. The van der Waals surface area contributed by atoms with Crippen molar-refractivity contribution in [3.05, 3.63) is 34.3 Å². The van der Waals surface area contributed by atoms with Gasteiger partial charge in [0.1, 0.15) is 6.61 Å². The van der Waals surface area contributed by atoms with E-state index in [-0.39, 0.29) is 24.4 Å². The van der Waals surface area contributed by atoms with Gasteiger partial charge in [-0.1, -0.05) is 85.7 Å². The molecule has 0 aliphatic rings. The lowest BCUT2D eigenvalue weighted by Gasteiger charge is -2.24. The fourth-order valence-corrected chi connectivity index (χ4v) is 2.93. The van der Waals surface area contributed by atoms with E-state index in [0.29, 0.717) is 0 Å². The minimum absolute atomic E-state index is 0.126. The van der Waals surface area contributed by atoms with E-state index < -0.39 is 3.79 Å². The summed E-state index contributed by atoms with van der Waals surface area (Å²) in [6.45, 7) is 1.78. The molecule has 0 radical (unpaired) electrons. The maximum Gasteiger partial charge on any atom is 0.313 e. The molecule has 0 heterocycles. The summed E-state index contributed by atoms with van der Waals surface area (Å²) in [4.78, 5) is 12.5. The topological polar surface area (TPSA) is 26.3 Å². The van der Waals surface area contributed by atoms with Crippen molar-refractivity contribution in [3.63, 3.8) is 0 Å². The number of ether oxygens (including phenoxy) is 1. The van der Waals surface area contributed by atoms with Crippen molar-refractivity contribution < 1.29 is 9.53 Å². The van der Waals surface area contributed by atoms with Gasteiger partial charge in [-0.2, -0.15) is 0 Å². The third-order valence-electron chi connectivity index (χ3n) is 3.22. The van der Waals surface area contributed by atoms with Crippen LogP contribution in [0.25, 0.3) is 0 Å². The van der Waals surface area contributed by atoms with Gasteiger partial charge in [-0.25, -0.2) is 0 Å². The molecule has 0 fully saturated rings. The van der Waals surface area contributed by atoms with Gasteiger partial charge in [0.25, 0.3) is 0 Å². The Morgan fingerprint density at radius 3 is 2.36 bits per heavy atom. The Bertz CT molecular complexity index is 475. The zero-order valence-electron chi connectivity index (χ0n) is 12.0. The molecule has 0 aromatic heterocycles. The standard InChI is InChI=1S/C15H17Br2Cl3O2/c1-10(3-2-8-16)13(11-4-6-12(17)7-5-11)14(21)22-9-15(18,19)20/h4-7,10,13H,2-3,8-9H2,1H3/t10-,13+/m1/s1. The Balaban J connectivity index is 2.90. The Hall–Kier alpha value is 0.520. The summed E-state index contributed by atoms with van der Waals surface area (Å²) in [6.07, 6.45) is 1.88. The molecule has 0 amide bonds. The monoisotopic (exact) mass is 492 g/mol. The predicted molar refractivity (Wildman–Crippen MR) is 100 cm³/mol. The van der Waals surface area contributed by atoms with Crippen molar-refractivity contribution in [2.75, 3.05) is 11.9 Å². The molecule has 1 aromatic rings. The number of carbonyl (C=O) groups is 1. The van der Waals surface area contributed by atoms with Crippen LogP contribution in [0.2, 0.25) is 0 Å². The highest BCUT2D eigenvalue weighted by molar-refractivity contribution is 9.10. The van der Waals surface area contributed by atoms with Gasteiger partial charge in [-0.3, -0.25) is 4.79 Å². The lowest BCUT2D eigenvalue weighted by atomic mass is 9.84. The number of hydrogen-bond acceptors (Lipinski definition) is 2. The number of carbonyl (C=O) groups excluding carboxylic acids is 1. The van der Waals surface area contributed by atoms with Crippen LogP contribution in [0.3, 0.4) is 0 Å². The predicted octanol–water partition coefficient (Wildman–Crippen LogP) is 6.26. The smallest absolute Gasteiger partial charge is 0.313 e. The maximum atomic E-state index is 12.5. The van der Waals surface area contributed by atoms with Crippen molar-refractivity contribution in [2.45, 2.75) is 29.5 Å². The van der Waals surface area contributed by atoms with E-state index in [1.807, 2.05) is 31.2 Å². The molecule has 2 atom stereocenters. The average molecular weight is 495 g/mol. The van der Waals surface area contributed by atoms with Crippen LogP contribution in [0.15, 0.2) is 28.7 Å². The first-order valence-corrected chi connectivity index (χ1v) is 9.84. The highest BCUT2D eigenvalue weighted by Crippen LogP contribution is 2.32. The SMILES string of the molecule is C[C@H](CCCBr)[C@H](C(=O)OCC(Cl)(Cl)Cl)c1ccc(Br)cc1. The van der Waals surface area contributed by atoms with Crippen molar-refractivity contribution >= 4 is 72.6 Å². The molecule has 0 aliphatic heterocycles. The van der Waals surface area contributed by atoms with Crippen molar-refractivity contribution in [1.82, 2.24) is 0 Å². The number of hydrogen-bond donors (Lipinski definition) is 0. The average Bonchev–Trinajstić information content (AvgIpc) is 2.44. The van der Waals surface area contributed by atoms with Gasteiger partial charge in [-0.05, 0) is 36.5 Å². The molecular formula is C15H17Br2Cl3O2. The van der Waals surface area contributed by atoms with Crippen LogP contribution in [-0.2, 0) is 9.53 Å². The summed E-state index contributed by atoms with van der Waals surface area (Å²) >= 11 is 23.8. The lowest BCUT2D eigenvalue weighted by Crippen LogP contribution is -2.26. The first-order chi connectivity index (χ1) is 10.2. The Labute approximate surface area is 163 Å². The second-order valence-electron chi connectivity index (χ2n) is 5.06. The van der Waals surface area contributed by atoms with Crippen molar-refractivity contribution in [2.24, 2.45) is 5.92 Å². The largest absolute Gasteiger partial charge is 0.461 e. The van der Waals surface area contributed by atoms with Crippen LogP contribution >= 0.6 is 66.7 Å². The van der Waals surface area contributed by atoms with E-state index in [0.717, 1.165) is 28.2 Å². The van der Waals surface area contributed by atoms with Crippen LogP contribution in [-0.4, -0.2) is 21.7 Å². The number of alkyl halides is 4. The Morgan fingerprint density at radius 2 is 1.86 bits per heavy atom. The van der Waals surface area contributed by atoms with Gasteiger partial charge in [0.2, 0.25) is 3.79 Å². The van der Waals surface area contributed by atoms with E-state index in [1.165, 1.54) is 0 Å². The minimum atomic E-state index is -1.60. The molecule has 0 spiro atoms. The first-order valence-electron chi connectivity index (χ1n) is 6.79. The normalized spacial score (nSPS) is 14.5. The van der Waals surface area contributed by atoms with E-state index in [1.54, 1.807) is 0 Å². The molecule has 0 aliphatic carbocycles. The number of halogens is 5. The molecule has 0 saturated heterocycles.